The molecule has 48 heavy (non-hydrogen) atoms. The highest BCUT2D eigenvalue weighted by Crippen LogP contribution is 2.46. The molecule has 0 N–H and O–H groups in total. The van der Waals surface area contributed by atoms with E-state index in [9.17, 15) is 0 Å². The van der Waals surface area contributed by atoms with Gasteiger partial charge in [-0.15, -0.1) is 0 Å². The molecule has 7 aromatic carbocycles. The van der Waals surface area contributed by atoms with E-state index >= 15 is 0 Å². The van der Waals surface area contributed by atoms with Crippen molar-refractivity contribution in [3.8, 4) is 33.4 Å². The van der Waals surface area contributed by atoms with E-state index < -0.39 is 0 Å². The molecular weight excluding hydrogens is 577 g/mol. The normalized spacial score (nSPS) is 12.0. The fraction of sp³-hybridized carbons (Fsp3) is 0.167. The third-order valence-electron chi connectivity index (χ3n) is 9.35. The lowest BCUT2D eigenvalue weighted by Crippen LogP contribution is -1.98. The Morgan fingerprint density at radius 2 is 1.12 bits per heavy atom. The lowest BCUT2D eigenvalue weighted by Gasteiger charge is -2.21. The third kappa shape index (κ3) is 6.00. The van der Waals surface area contributed by atoms with Gasteiger partial charge in [0.1, 0.15) is 0 Å². The molecule has 0 heteroatoms. The van der Waals surface area contributed by atoms with Gasteiger partial charge in [-0.2, -0.15) is 0 Å². The zero-order valence-electron chi connectivity index (χ0n) is 29.3. The van der Waals surface area contributed by atoms with Crippen LogP contribution < -0.4 is 0 Å². The molecule has 0 aliphatic heterocycles. The molecule has 0 nitrogen and oxygen atoms in total. The Hall–Kier alpha value is -5.20. The van der Waals surface area contributed by atoms with Crippen molar-refractivity contribution in [2.24, 2.45) is 0 Å². The van der Waals surface area contributed by atoms with E-state index in [0.717, 1.165) is 12.8 Å². The Morgan fingerprint density at radius 3 is 1.79 bits per heavy atom. The summed E-state index contributed by atoms with van der Waals surface area (Å²) >= 11 is 0. The molecule has 0 bridgehead atoms. The highest BCUT2D eigenvalue weighted by Gasteiger charge is 2.19. The van der Waals surface area contributed by atoms with Gasteiger partial charge in [0.15, 0.2) is 0 Å². The van der Waals surface area contributed by atoms with Crippen LogP contribution in [0.3, 0.4) is 0 Å². The number of hydrogen-bond donors (Lipinski definition) is 0. The molecule has 1 aliphatic rings. The van der Waals surface area contributed by atoms with Crippen LogP contribution >= 0.6 is 0 Å². The largest absolute Gasteiger partial charge is 0.0871 e. The SMILES string of the molecule is C/C=C\c1cc(-c2ccc3ccc(-c4c5ccccc5c(-c5cccc6c5C=CCC6)c5ccccc45)cc3c2)ccc1C.CC.CC. The molecule has 0 amide bonds. The molecule has 0 fully saturated rings. The molecule has 0 unspecified atom stereocenters. The van der Waals surface area contributed by atoms with Gasteiger partial charge in [-0.05, 0) is 133 Å². The second kappa shape index (κ2) is 14.7. The van der Waals surface area contributed by atoms with Gasteiger partial charge in [0, 0.05) is 0 Å². The Kier molecular flexibility index (Phi) is 10.0. The summed E-state index contributed by atoms with van der Waals surface area (Å²) in [5.41, 5.74) is 13.1. The zero-order chi connectivity index (χ0) is 33.6. The lowest BCUT2D eigenvalue weighted by atomic mass is 9.82. The zero-order valence-corrected chi connectivity index (χ0v) is 29.3. The van der Waals surface area contributed by atoms with E-state index in [4.69, 9.17) is 0 Å². The Labute approximate surface area is 287 Å². The average Bonchev–Trinajstić information content (AvgIpc) is 3.16. The van der Waals surface area contributed by atoms with Gasteiger partial charge in [-0.3, -0.25) is 0 Å². The van der Waals surface area contributed by atoms with E-state index in [1.807, 2.05) is 27.7 Å². The minimum absolute atomic E-state index is 1.10. The van der Waals surface area contributed by atoms with Crippen molar-refractivity contribution in [3.63, 3.8) is 0 Å². The smallest absolute Gasteiger partial charge is 0.00203 e. The van der Waals surface area contributed by atoms with E-state index in [0.29, 0.717) is 0 Å². The van der Waals surface area contributed by atoms with Crippen molar-refractivity contribution in [2.75, 3.05) is 0 Å². The molecule has 0 spiro atoms. The van der Waals surface area contributed by atoms with Gasteiger partial charge in [0.2, 0.25) is 0 Å². The molecule has 7 aromatic rings. The average molecular weight is 623 g/mol. The fourth-order valence-electron chi connectivity index (χ4n) is 7.18. The molecule has 0 saturated carbocycles. The van der Waals surface area contributed by atoms with E-state index in [-0.39, 0.29) is 0 Å². The Bertz CT molecular complexity index is 2240. The summed E-state index contributed by atoms with van der Waals surface area (Å²) in [6.07, 6.45) is 11.2. The molecule has 8 rings (SSSR count). The summed E-state index contributed by atoms with van der Waals surface area (Å²) in [5, 5.41) is 7.71. The van der Waals surface area contributed by atoms with Crippen molar-refractivity contribution in [1.29, 1.82) is 0 Å². The van der Waals surface area contributed by atoms with Crippen LogP contribution in [-0.2, 0) is 6.42 Å². The molecule has 0 radical (unpaired) electrons. The molecule has 0 saturated heterocycles. The Balaban J connectivity index is 0.000000969. The lowest BCUT2D eigenvalue weighted by molar-refractivity contribution is 0.987. The number of fused-ring (bicyclic) bond motifs is 4. The highest BCUT2D eigenvalue weighted by molar-refractivity contribution is 6.22. The number of aryl methyl sites for hydroxylation is 2. The van der Waals surface area contributed by atoms with Crippen molar-refractivity contribution < 1.29 is 0 Å². The maximum Gasteiger partial charge on any atom is -0.00203 e. The van der Waals surface area contributed by atoms with Gasteiger partial charge < -0.3 is 0 Å². The van der Waals surface area contributed by atoms with Crippen LogP contribution in [-0.4, -0.2) is 0 Å². The van der Waals surface area contributed by atoms with E-state index in [2.05, 4.69) is 159 Å². The predicted molar refractivity (Wildman–Crippen MR) is 215 cm³/mol. The second-order valence-corrected chi connectivity index (χ2v) is 12.0. The summed E-state index contributed by atoms with van der Waals surface area (Å²) in [7, 11) is 0. The van der Waals surface area contributed by atoms with Crippen molar-refractivity contribution >= 4 is 44.5 Å². The Morgan fingerprint density at radius 1 is 0.542 bits per heavy atom. The minimum atomic E-state index is 1.10. The monoisotopic (exact) mass is 622 g/mol. The van der Waals surface area contributed by atoms with Crippen LogP contribution in [0.2, 0.25) is 0 Å². The number of hydrogen-bond acceptors (Lipinski definition) is 0. The van der Waals surface area contributed by atoms with Crippen LogP contribution in [0.5, 0.6) is 0 Å². The molecule has 238 valence electrons. The van der Waals surface area contributed by atoms with Gasteiger partial charge >= 0.3 is 0 Å². The topological polar surface area (TPSA) is 0 Å². The van der Waals surface area contributed by atoms with Crippen molar-refractivity contribution in [2.45, 2.75) is 54.4 Å². The van der Waals surface area contributed by atoms with E-state index in [1.54, 1.807) is 0 Å². The van der Waals surface area contributed by atoms with Crippen LogP contribution in [0.15, 0.2) is 133 Å². The number of allylic oxidation sites excluding steroid dienone is 2. The van der Waals surface area contributed by atoms with E-state index in [1.165, 1.54) is 88.0 Å². The summed E-state index contributed by atoms with van der Waals surface area (Å²) in [4.78, 5) is 0. The number of rotatable bonds is 4. The summed E-state index contributed by atoms with van der Waals surface area (Å²) in [6.45, 7) is 12.3. The minimum Gasteiger partial charge on any atom is -0.0871 e. The quantitative estimate of drug-likeness (QED) is 0.171. The fourth-order valence-corrected chi connectivity index (χ4v) is 7.18. The summed E-state index contributed by atoms with van der Waals surface area (Å²) < 4.78 is 0. The van der Waals surface area contributed by atoms with Gasteiger partial charge in [0.25, 0.3) is 0 Å². The molecule has 1 aliphatic carbocycles. The first kappa shape index (κ1) is 32.7. The highest BCUT2D eigenvalue weighted by atomic mass is 14.2. The molecule has 0 aromatic heterocycles. The summed E-state index contributed by atoms with van der Waals surface area (Å²) in [6, 6.07) is 45.4. The maximum atomic E-state index is 2.39. The van der Waals surface area contributed by atoms with Crippen LogP contribution in [0.1, 0.15) is 63.3 Å². The third-order valence-corrected chi connectivity index (χ3v) is 9.35. The van der Waals surface area contributed by atoms with Gasteiger partial charge in [-0.1, -0.05) is 155 Å². The molecule has 0 atom stereocenters. The van der Waals surface area contributed by atoms with Crippen LogP contribution in [0.4, 0.5) is 0 Å². The first-order valence-corrected chi connectivity index (χ1v) is 17.7. The van der Waals surface area contributed by atoms with Crippen LogP contribution in [0, 0.1) is 6.92 Å². The van der Waals surface area contributed by atoms with Crippen molar-refractivity contribution in [3.05, 3.63) is 156 Å². The van der Waals surface area contributed by atoms with Crippen LogP contribution in [0.25, 0.3) is 77.9 Å². The second-order valence-electron chi connectivity index (χ2n) is 12.0. The summed E-state index contributed by atoms with van der Waals surface area (Å²) in [5.74, 6) is 0. The first-order chi connectivity index (χ1) is 23.7. The van der Waals surface area contributed by atoms with Crippen molar-refractivity contribution in [1.82, 2.24) is 0 Å². The van der Waals surface area contributed by atoms with Gasteiger partial charge in [0.05, 0.1) is 0 Å². The maximum absolute atomic E-state index is 2.39. The molecule has 0 heterocycles. The molecular formula is C48H46. The standard InChI is InChI=1S/C44H34.2C2H6/c1-3-11-32-26-33(21-20-29(32)2)34-24-22-30-23-25-35(28-36(30)27-34)43-39-15-6-8-17-41(39)44(42-18-9-7-16-40(42)43)38-19-10-13-31-12-4-5-14-37(31)38;2*1-2/h3,5-11,13-28H,4,12H2,1-2H3;2*1-2H3/b11-3-;;. The predicted octanol–water partition coefficient (Wildman–Crippen LogP) is 14.5. The first-order valence-electron chi connectivity index (χ1n) is 17.7. The van der Waals surface area contributed by atoms with Gasteiger partial charge in [-0.25, -0.2) is 0 Å². The number of benzene rings is 7.